The molecule has 3 N–H and O–H groups in total. The molecule has 0 heterocycles. The Labute approximate surface area is 181 Å². The summed E-state index contributed by atoms with van der Waals surface area (Å²) in [5.74, 6) is -1.76. The number of carbonyl (C=O) groups excluding carboxylic acids is 3. The van der Waals surface area contributed by atoms with Crippen LogP contribution >= 0.6 is 12.2 Å². The summed E-state index contributed by atoms with van der Waals surface area (Å²) in [4.78, 5) is 36.2. The van der Waals surface area contributed by atoms with Crippen molar-refractivity contribution in [1.82, 2.24) is 16.2 Å². The first-order valence-corrected chi connectivity index (χ1v) is 10.1. The maximum absolute atomic E-state index is 12.8. The number of hydrazine groups is 1. The minimum absolute atomic E-state index is 0.0368. The van der Waals surface area contributed by atoms with Crippen molar-refractivity contribution in [2.24, 2.45) is 0 Å². The van der Waals surface area contributed by atoms with Crippen LogP contribution < -0.4 is 16.2 Å². The van der Waals surface area contributed by atoms with E-state index in [1.807, 2.05) is 67.6 Å². The molecular formula is C22H25N3O4S. The summed E-state index contributed by atoms with van der Waals surface area (Å²) in [6.07, 6.45) is 0.623. The van der Waals surface area contributed by atoms with Crippen LogP contribution in [0.5, 0.6) is 0 Å². The van der Waals surface area contributed by atoms with Crippen LogP contribution in [0.1, 0.15) is 43.2 Å². The van der Waals surface area contributed by atoms with E-state index in [4.69, 9.17) is 17.0 Å². The highest BCUT2D eigenvalue weighted by atomic mass is 32.1. The van der Waals surface area contributed by atoms with Crippen molar-refractivity contribution in [3.8, 4) is 0 Å². The summed E-state index contributed by atoms with van der Waals surface area (Å²) in [5, 5.41) is 2.36. The van der Waals surface area contributed by atoms with Gasteiger partial charge in [0.1, 0.15) is 0 Å². The number of carbonyl (C=O) groups is 3. The van der Waals surface area contributed by atoms with Gasteiger partial charge < -0.3 is 10.1 Å². The highest BCUT2D eigenvalue weighted by molar-refractivity contribution is 7.80. The van der Waals surface area contributed by atoms with Crippen molar-refractivity contribution in [2.45, 2.75) is 32.1 Å². The average Bonchev–Trinajstić information content (AvgIpc) is 2.76. The van der Waals surface area contributed by atoms with Crippen molar-refractivity contribution in [2.75, 3.05) is 6.61 Å². The molecule has 158 valence electrons. The largest absolute Gasteiger partial charge is 0.466 e. The molecule has 0 unspecified atom stereocenters. The minimum atomic E-state index is -0.549. The zero-order valence-electron chi connectivity index (χ0n) is 16.7. The summed E-state index contributed by atoms with van der Waals surface area (Å²) in [6.45, 7) is 2.22. The van der Waals surface area contributed by atoms with Gasteiger partial charge in [0.05, 0.1) is 18.9 Å². The lowest BCUT2D eigenvalue weighted by molar-refractivity contribution is -0.144. The highest BCUT2D eigenvalue weighted by Crippen LogP contribution is 2.24. The molecule has 0 aliphatic carbocycles. The second-order valence-corrected chi connectivity index (χ2v) is 6.87. The Balaban J connectivity index is 1.88. The summed E-state index contributed by atoms with van der Waals surface area (Å²) in [6, 6.07) is 18.7. The third-order valence-electron chi connectivity index (χ3n) is 4.10. The number of benzene rings is 2. The van der Waals surface area contributed by atoms with Crippen molar-refractivity contribution in [3.05, 3.63) is 71.8 Å². The van der Waals surface area contributed by atoms with Gasteiger partial charge in [-0.05, 0) is 29.8 Å². The number of hydrogen-bond donors (Lipinski definition) is 3. The molecule has 8 heteroatoms. The molecule has 0 saturated heterocycles. The van der Waals surface area contributed by atoms with Crippen molar-refractivity contribution in [1.29, 1.82) is 0 Å². The van der Waals surface area contributed by atoms with Crippen LogP contribution in [0.25, 0.3) is 0 Å². The van der Waals surface area contributed by atoms with Crippen LogP contribution in [0, 0.1) is 0 Å². The number of amides is 2. The van der Waals surface area contributed by atoms with Gasteiger partial charge >= 0.3 is 5.97 Å². The molecule has 0 saturated carbocycles. The number of rotatable bonds is 8. The molecule has 0 aliphatic heterocycles. The van der Waals surface area contributed by atoms with E-state index in [1.165, 1.54) is 0 Å². The summed E-state index contributed by atoms with van der Waals surface area (Å²) >= 11 is 5.04. The van der Waals surface area contributed by atoms with Gasteiger partial charge in [-0.1, -0.05) is 67.6 Å². The van der Waals surface area contributed by atoms with Crippen molar-refractivity contribution >= 4 is 35.1 Å². The first-order chi connectivity index (χ1) is 14.5. The molecule has 0 aliphatic rings. The van der Waals surface area contributed by atoms with Gasteiger partial charge in [0, 0.05) is 6.42 Å². The number of thiocarbonyl (C=S) groups is 1. The summed E-state index contributed by atoms with van der Waals surface area (Å²) in [5.41, 5.74) is 6.73. The smallest absolute Gasteiger partial charge is 0.306 e. The molecule has 0 atom stereocenters. The Morgan fingerprint density at radius 1 is 0.900 bits per heavy atom. The number of ether oxygens (including phenoxy) is 1. The average molecular weight is 428 g/mol. The summed E-state index contributed by atoms with van der Waals surface area (Å²) < 4.78 is 4.91. The second kappa shape index (κ2) is 12.3. The van der Waals surface area contributed by atoms with Crippen LogP contribution in [0.2, 0.25) is 0 Å². The van der Waals surface area contributed by atoms with Crippen LogP contribution in [-0.4, -0.2) is 29.5 Å². The van der Waals surface area contributed by atoms with E-state index >= 15 is 0 Å². The molecule has 0 radical (unpaired) electrons. The first kappa shape index (κ1) is 23.0. The van der Waals surface area contributed by atoms with E-state index < -0.39 is 17.8 Å². The molecule has 30 heavy (non-hydrogen) atoms. The van der Waals surface area contributed by atoms with Gasteiger partial charge in [-0.25, -0.2) is 0 Å². The Morgan fingerprint density at radius 2 is 1.47 bits per heavy atom. The zero-order valence-corrected chi connectivity index (χ0v) is 17.5. The Morgan fingerprint density at radius 3 is 2.00 bits per heavy atom. The minimum Gasteiger partial charge on any atom is -0.466 e. The van der Waals surface area contributed by atoms with Crippen LogP contribution in [0.3, 0.4) is 0 Å². The van der Waals surface area contributed by atoms with Gasteiger partial charge in [-0.3, -0.25) is 25.2 Å². The lowest BCUT2D eigenvalue weighted by Crippen LogP contribution is -2.49. The Hall–Kier alpha value is -3.26. The van der Waals surface area contributed by atoms with E-state index in [0.29, 0.717) is 6.61 Å². The molecule has 2 rings (SSSR count). The van der Waals surface area contributed by atoms with Crippen LogP contribution in [-0.2, 0) is 19.1 Å². The lowest BCUT2D eigenvalue weighted by Gasteiger charge is -2.19. The SMILES string of the molecule is CCCOC(=O)CCC(=O)NC(=S)NNC(=O)C(c1ccccc1)c1ccccc1. The van der Waals surface area contributed by atoms with Crippen molar-refractivity contribution in [3.63, 3.8) is 0 Å². The maximum Gasteiger partial charge on any atom is 0.306 e. The monoisotopic (exact) mass is 427 g/mol. The fourth-order valence-corrected chi connectivity index (χ4v) is 2.87. The van der Waals surface area contributed by atoms with Gasteiger partial charge in [0.25, 0.3) is 0 Å². The third-order valence-corrected chi connectivity index (χ3v) is 4.31. The van der Waals surface area contributed by atoms with E-state index in [0.717, 1.165) is 17.5 Å². The van der Waals surface area contributed by atoms with Gasteiger partial charge in [-0.2, -0.15) is 0 Å². The van der Waals surface area contributed by atoms with Gasteiger partial charge in [-0.15, -0.1) is 0 Å². The van der Waals surface area contributed by atoms with E-state index in [2.05, 4.69) is 16.2 Å². The normalized spacial score (nSPS) is 10.2. The molecule has 2 amide bonds. The lowest BCUT2D eigenvalue weighted by atomic mass is 9.91. The highest BCUT2D eigenvalue weighted by Gasteiger charge is 2.22. The Kier molecular flexibility index (Phi) is 9.47. The second-order valence-electron chi connectivity index (χ2n) is 6.47. The number of nitrogens with one attached hydrogen (secondary N) is 3. The fraction of sp³-hybridized carbons (Fsp3) is 0.273. The Bertz CT molecular complexity index is 820. The molecule has 0 fully saturated rings. The topological polar surface area (TPSA) is 96.5 Å². The third kappa shape index (κ3) is 7.63. The standard InChI is InChI=1S/C22H25N3O4S/c1-2-15-29-19(27)14-13-18(26)23-22(30)25-24-21(28)20(16-9-5-3-6-10-16)17-11-7-4-8-12-17/h3-12,20H,2,13-15H2,1H3,(H,24,28)(H2,23,25,26,30). The van der Waals surface area contributed by atoms with E-state index in [-0.39, 0.29) is 23.9 Å². The van der Waals surface area contributed by atoms with Gasteiger partial charge in [0.2, 0.25) is 11.8 Å². The maximum atomic E-state index is 12.8. The predicted molar refractivity (Wildman–Crippen MR) is 117 cm³/mol. The zero-order chi connectivity index (χ0) is 21.8. The van der Waals surface area contributed by atoms with E-state index in [9.17, 15) is 14.4 Å². The summed E-state index contributed by atoms with van der Waals surface area (Å²) in [7, 11) is 0. The fourth-order valence-electron chi connectivity index (χ4n) is 2.70. The molecule has 0 spiro atoms. The molecule has 7 nitrogen and oxygen atoms in total. The molecule has 2 aromatic rings. The van der Waals surface area contributed by atoms with E-state index in [1.54, 1.807) is 0 Å². The number of esters is 1. The van der Waals surface area contributed by atoms with Gasteiger partial charge in [0.15, 0.2) is 5.11 Å². The van der Waals surface area contributed by atoms with Crippen LogP contribution in [0.4, 0.5) is 0 Å². The molecule has 0 aromatic heterocycles. The molecule has 0 bridgehead atoms. The molecular weight excluding hydrogens is 402 g/mol. The predicted octanol–water partition coefficient (Wildman–Crippen LogP) is 2.57. The number of hydrogen-bond acceptors (Lipinski definition) is 5. The first-order valence-electron chi connectivity index (χ1n) is 9.66. The molecule has 2 aromatic carbocycles. The quantitative estimate of drug-likeness (QED) is 0.340. The van der Waals surface area contributed by atoms with Crippen LogP contribution in [0.15, 0.2) is 60.7 Å². The van der Waals surface area contributed by atoms with Crippen molar-refractivity contribution < 1.29 is 19.1 Å².